The van der Waals surface area contributed by atoms with E-state index < -0.39 is 0 Å². The number of benzene rings is 2. The molecule has 0 aromatic heterocycles. The van der Waals surface area contributed by atoms with Crippen LogP contribution in [-0.4, -0.2) is 18.0 Å². The summed E-state index contributed by atoms with van der Waals surface area (Å²) in [5, 5.41) is 4.83. The SMILES string of the molecule is C=C(Nc1ccc(C(=C)N2CCC3CCCCC3(C)C2)c(Cl)c1)c1ccc(Cl)cc1C. The molecule has 2 nitrogen and oxygen atoms in total. The van der Waals surface area contributed by atoms with Crippen molar-refractivity contribution in [3.05, 3.63) is 76.3 Å². The molecule has 4 heteroatoms. The van der Waals surface area contributed by atoms with Crippen molar-refractivity contribution in [2.24, 2.45) is 11.3 Å². The van der Waals surface area contributed by atoms with Crippen LogP contribution in [0.1, 0.15) is 55.7 Å². The Hall–Kier alpha value is -1.90. The second-order valence-electron chi connectivity index (χ2n) is 9.51. The molecular weight excluding hydrogens is 423 g/mol. The lowest BCUT2D eigenvalue weighted by Crippen LogP contribution is -2.47. The second kappa shape index (κ2) is 8.92. The van der Waals surface area contributed by atoms with E-state index in [0.717, 1.165) is 57.8 Å². The summed E-state index contributed by atoms with van der Waals surface area (Å²) in [6, 6.07) is 11.9. The third-order valence-electron chi connectivity index (χ3n) is 7.31. The zero-order valence-corrected chi connectivity index (χ0v) is 20.1. The van der Waals surface area contributed by atoms with Gasteiger partial charge in [-0.05, 0) is 73.4 Å². The number of hydrogen-bond donors (Lipinski definition) is 1. The number of fused-ring (bicyclic) bond motifs is 1. The van der Waals surface area contributed by atoms with Crippen molar-refractivity contribution in [2.75, 3.05) is 18.4 Å². The maximum absolute atomic E-state index is 6.72. The van der Waals surface area contributed by atoms with Gasteiger partial charge in [0.15, 0.2) is 0 Å². The predicted molar refractivity (Wildman–Crippen MR) is 136 cm³/mol. The molecule has 1 N–H and O–H groups in total. The first-order valence-electron chi connectivity index (χ1n) is 11.2. The van der Waals surface area contributed by atoms with Crippen LogP contribution in [0.15, 0.2) is 49.6 Å². The third kappa shape index (κ3) is 4.66. The first kappa shape index (κ1) is 22.3. The number of aryl methyl sites for hydroxylation is 1. The van der Waals surface area contributed by atoms with E-state index in [1.54, 1.807) is 0 Å². The minimum atomic E-state index is 0.404. The molecule has 2 aromatic rings. The van der Waals surface area contributed by atoms with Crippen LogP contribution in [0.4, 0.5) is 5.69 Å². The van der Waals surface area contributed by atoms with Gasteiger partial charge in [-0.2, -0.15) is 0 Å². The summed E-state index contributed by atoms with van der Waals surface area (Å²) >= 11 is 12.8. The molecule has 1 heterocycles. The molecule has 2 aliphatic rings. The molecule has 1 aliphatic heterocycles. The molecule has 1 saturated carbocycles. The van der Waals surface area contributed by atoms with E-state index in [0.29, 0.717) is 10.4 Å². The fourth-order valence-corrected chi connectivity index (χ4v) is 5.95. The monoisotopic (exact) mass is 454 g/mol. The van der Waals surface area contributed by atoms with E-state index >= 15 is 0 Å². The first-order valence-corrected chi connectivity index (χ1v) is 12.0. The minimum Gasteiger partial charge on any atom is -0.371 e. The Labute approximate surface area is 196 Å². The Morgan fingerprint density at radius 2 is 1.84 bits per heavy atom. The number of likely N-dealkylation sites (tertiary alicyclic amines) is 1. The van der Waals surface area contributed by atoms with Crippen LogP contribution in [0.5, 0.6) is 0 Å². The molecule has 0 bridgehead atoms. The first-order chi connectivity index (χ1) is 14.8. The molecule has 4 rings (SSSR count). The molecule has 31 heavy (non-hydrogen) atoms. The maximum Gasteiger partial charge on any atom is 0.0519 e. The Balaban J connectivity index is 1.47. The lowest BCUT2D eigenvalue weighted by atomic mass is 9.64. The van der Waals surface area contributed by atoms with Gasteiger partial charge >= 0.3 is 0 Å². The van der Waals surface area contributed by atoms with Crippen LogP contribution in [0.2, 0.25) is 10.0 Å². The smallest absolute Gasteiger partial charge is 0.0519 e. The van der Waals surface area contributed by atoms with Gasteiger partial charge in [0.2, 0.25) is 0 Å². The van der Waals surface area contributed by atoms with E-state index in [2.05, 4.69) is 42.4 Å². The average Bonchev–Trinajstić information content (AvgIpc) is 2.72. The summed E-state index contributed by atoms with van der Waals surface area (Å²) < 4.78 is 0. The van der Waals surface area contributed by atoms with Gasteiger partial charge in [-0.15, -0.1) is 0 Å². The van der Waals surface area contributed by atoms with E-state index in [9.17, 15) is 0 Å². The molecule has 2 fully saturated rings. The number of anilines is 1. The predicted octanol–water partition coefficient (Wildman–Crippen LogP) is 8.26. The summed E-state index contributed by atoms with van der Waals surface area (Å²) in [4.78, 5) is 2.45. The van der Waals surface area contributed by atoms with Gasteiger partial charge in [0, 0.05) is 46.3 Å². The van der Waals surface area contributed by atoms with Crippen molar-refractivity contribution in [2.45, 2.75) is 46.0 Å². The topological polar surface area (TPSA) is 15.3 Å². The number of piperidine rings is 1. The highest BCUT2D eigenvalue weighted by molar-refractivity contribution is 6.32. The lowest BCUT2D eigenvalue weighted by molar-refractivity contribution is 0.0337. The van der Waals surface area contributed by atoms with Gasteiger partial charge in [-0.3, -0.25) is 0 Å². The molecule has 0 radical (unpaired) electrons. The maximum atomic E-state index is 6.72. The van der Waals surface area contributed by atoms with Crippen molar-refractivity contribution in [3.63, 3.8) is 0 Å². The van der Waals surface area contributed by atoms with Crippen molar-refractivity contribution in [1.82, 2.24) is 4.90 Å². The number of halogens is 2. The Morgan fingerprint density at radius 1 is 1.06 bits per heavy atom. The Bertz CT molecular complexity index is 1010. The van der Waals surface area contributed by atoms with E-state index in [1.807, 2.05) is 31.2 Å². The van der Waals surface area contributed by atoms with Crippen molar-refractivity contribution < 1.29 is 0 Å². The van der Waals surface area contributed by atoms with Crippen LogP contribution in [0.25, 0.3) is 11.4 Å². The summed E-state index contributed by atoms with van der Waals surface area (Å²) in [5.41, 5.74) is 6.32. The molecule has 0 spiro atoms. The molecular formula is C27H32Cl2N2. The van der Waals surface area contributed by atoms with Gasteiger partial charge in [-0.1, -0.05) is 62.2 Å². The lowest BCUT2D eigenvalue weighted by Gasteiger charge is -2.50. The van der Waals surface area contributed by atoms with Gasteiger partial charge in [0.1, 0.15) is 0 Å². The molecule has 1 aliphatic carbocycles. The van der Waals surface area contributed by atoms with Gasteiger partial charge in [-0.25, -0.2) is 0 Å². The summed E-state index contributed by atoms with van der Waals surface area (Å²) in [7, 11) is 0. The van der Waals surface area contributed by atoms with E-state index in [1.165, 1.54) is 32.1 Å². The fourth-order valence-electron chi connectivity index (χ4n) is 5.43. The molecule has 2 unspecified atom stereocenters. The zero-order chi connectivity index (χ0) is 22.2. The molecule has 164 valence electrons. The third-order valence-corrected chi connectivity index (χ3v) is 7.85. The molecule has 1 saturated heterocycles. The highest BCUT2D eigenvalue weighted by atomic mass is 35.5. The molecule has 2 aromatic carbocycles. The van der Waals surface area contributed by atoms with Gasteiger partial charge in [0.05, 0.1) is 5.02 Å². The highest BCUT2D eigenvalue weighted by Crippen LogP contribution is 2.47. The quantitative estimate of drug-likeness (QED) is 0.488. The molecule has 2 atom stereocenters. The van der Waals surface area contributed by atoms with E-state index in [4.69, 9.17) is 23.2 Å². The Kier molecular flexibility index (Phi) is 6.42. The van der Waals surface area contributed by atoms with Crippen molar-refractivity contribution in [1.29, 1.82) is 0 Å². The number of hydrogen-bond acceptors (Lipinski definition) is 2. The van der Waals surface area contributed by atoms with Crippen LogP contribution in [-0.2, 0) is 0 Å². The highest BCUT2D eigenvalue weighted by Gasteiger charge is 2.41. The second-order valence-corrected chi connectivity index (χ2v) is 10.4. The fraction of sp³-hybridized carbons (Fsp3) is 0.407. The minimum absolute atomic E-state index is 0.404. The molecule has 0 amide bonds. The van der Waals surface area contributed by atoms with Gasteiger partial charge in [0.25, 0.3) is 0 Å². The van der Waals surface area contributed by atoms with Crippen molar-refractivity contribution >= 4 is 40.3 Å². The number of nitrogens with zero attached hydrogens (tertiary/aromatic N) is 1. The standard InChI is InChI=1S/C27H32Cl2N2/c1-18-15-22(28)8-10-24(18)19(2)30-23-9-11-25(26(29)16-23)20(3)31-14-12-21-7-5-6-13-27(21,4)17-31/h8-11,15-16,21,30H,2-3,5-7,12-14,17H2,1,4H3. The zero-order valence-electron chi connectivity index (χ0n) is 18.6. The van der Waals surface area contributed by atoms with Crippen LogP contribution >= 0.6 is 23.2 Å². The summed E-state index contributed by atoms with van der Waals surface area (Å²) in [5.74, 6) is 0.856. The number of rotatable bonds is 5. The van der Waals surface area contributed by atoms with Crippen molar-refractivity contribution in [3.8, 4) is 0 Å². The largest absolute Gasteiger partial charge is 0.371 e. The van der Waals surface area contributed by atoms with Crippen LogP contribution < -0.4 is 5.32 Å². The normalized spacial score (nSPS) is 23.2. The van der Waals surface area contributed by atoms with Crippen LogP contribution in [0, 0.1) is 18.3 Å². The Morgan fingerprint density at radius 3 is 2.58 bits per heavy atom. The van der Waals surface area contributed by atoms with E-state index in [-0.39, 0.29) is 0 Å². The number of nitrogens with one attached hydrogen (secondary N) is 1. The summed E-state index contributed by atoms with van der Waals surface area (Å²) in [6.45, 7) is 15.3. The van der Waals surface area contributed by atoms with Crippen LogP contribution in [0.3, 0.4) is 0 Å². The van der Waals surface area contributed by atoms with Gasteiger partial charge < -0.3 is 10.2 Å². The average molecular weight is 455 g/mol. The summed E-state index contributed by atoms with van der Waals surface area (Å²) in [6.07, 6.45) is 6.71.